The maximum absolute atomic E-state index is 13.3. The van der Waals surface area contributed by atoms with Crippen molar-refractivity contribution in [2.75, 3.05) is 18.6 Å². The van der Waals surface area contributed by atoms with Crippen molar-refractivity contribution in [1.82, 2.24) is 14.8 Å². The highest BCUT2D eigenvalue weighted by molar-refractivity contribution is 6.33. The molecule has 0 N–H and O–H groups in total. The number of imide groups is 1. The third-order valence-corrected chi connectivity index (χ3v) is 5.99. The zero-order chi connectivity index (χ0) is 21.2. The van der Waals surface area contributed by atoms with E-state index in [9.17, 15) is 24.4 Å². The standard InChI is InChI=1S/C20H15N5O5/c1-30-19(28)18(27)23-9-11-7-14(23)16-17(26)25(20(29)24(11)16)13-5-4-10(8-21)15-12(13)3-2-6-22-15/h2-6,11,14,16H,7,9H2,1H3/t11?,14?,16-/m0/s1. The van der Waals surface area contributed by atoms with Crippen LogP contribution in [-0.2, 0) is 19.1 Å². The minimum absolute atomic E-state index is 0.178. The Hall–Kier alpha value is -4.00. The first kappa shape index (κ1) is 18.1. The largest absolute Gasteiger partial charge is 0.462 e. The number of anilines is 1. The van der Waals surface area contributed by atoms with Gasteiger partial charge in [0, 0.05) is 18.1 Å². The highest BCUT2D eigenvalue weighted by atomic mass is 16.5. The third-order valence-electron chi connectivity index (χ3n) is 5.99. The summed E-state index contributed by atoms with van der Waals surface area (Å²) in [5.41, 5.74) is 1.08. The van der Waals surface area contributed by atoms with Crippen molar-refractivity contribution in [3.63, 3.8) is 0 Å². The van der Waals surface area contributed by atoms with Crippen LogP contribution in [0.2, 0.25) is 0 Å². The first-order chi connectivity index (χ1) is 14.5. The number of pyridine rings is 1. The average Bonchev–Trinajstić information content (AvgIpc) is 3.43. The van der Waals surface area contributed by atoms with Crippen LogP contribution in [0.25, 0.3) is 10.9 Å². The number of rotatable bonds is 1. The van der Waals surface area contributed by atoms with Crippen molar-refractivity contribution in [1.29, 1.82) is 5.26 Å². The predicted octanol–water partition coefficient (Wildman–Crippen LogP) is 0.400. The number of hydrogen-bond acceptors (Lipinski definition) is 7. The number of aromatic nitrogens is 1. The molecular formula is C20H15N5O5. The Balaban J connectivity index is 1.55. The molecule has 2 aromatic rings. The summed E-state index contributed by atoms with van der Waals surface area (Å²) in [4.78, 5) is 58.7. The fourth-order valence-corrected chi connectivity index (χ4v) is 4.76. The summed E-state index contributed by atoms with van der Waals surface area (Å²) in [5.74, 6) is -2.27. The smallest absolute Gasteiger partial charge is 0.396 e. The molecule has 10 nitrogen and oxygen atoms in total. The highest BCUT2D eigenvalue weighted by Gasteiger charge is 2.63. The van der Waals surface area contributed by atoms with E-state index in [0.717, 1.165) is 12.0 Å². The minimum Gasteiger partial charge on any atom is -0.462 e. The van der Waals surface area contributed by atoms with Gasteiger partial charge in [0.2, 0.25) is 0 Å². The summed E-state index contributed by atoms with van der Waals surface area (Å²) in [6.07, 6.45) is 1.98. The summed E-state index contributed by atoms with van der Waals surface area (Å²) >= 11 is 0. The molecule has 5 rings (SSSR count). The van der Waals surface area contributed by atoms with E-state index in [2.05, 4.69) is 15.8 Å². The van der Waals surface area contributed by atoms with E-state index in [0.29, 0.717) is 28.6 Å². The van der Waals surface area contributed by atoms with Crippen LogP contribution in [0, 0.1) is 11.3 Å². The van der Waals surface area contributed by atoms with Crippen molar-refractivity contribution in [2.45, 2.75) is 24.5 Å². The Labute approximate surface area is 170 Å². The Morgan fingerprint density at radius 2 is 2.07 bits per heavy atom. The van der Waals surface area contributed by atoms with Gasteiger partial charge in [-0.2, -0.15) is 5.26 Å². The number of esters is 1. The normalized spacial score (nSPS) is 24.4. The summed E-state index contributed by atoms with van der Waals surface area (Å²) in [5, 5.41) is 9.84. The second-order valence-electron chi connectivity index (χ2n) is 7.36. The lowest BCUT2D eigenvalue weighted by molar-refractivity contribution is -0.160. The van der Waals surface area contributed by atoms with Gasteiger partial charge in [-0.25, -0.2) is 14.5 Å². The molecule has 4 heterocycles. The molecule has 10 heteroatoms. The number of carbonyl (C=O) groups is 4. The predicted molar refractivity (Wildman–Crippen MR) is 101 cm³/mol. The van der Waals surface area contributed by atoms with Crippen LogP contribution in [0.15, 0.2) is 30.5 Å². The molecule has 0 radical (unpaired) electrons. The maximum Gasteiger partial charge on any atom is 0.396 e. The average molecular weight is 405 g/mol. The number of nitrogens with zero attached hydrogens (tertiary/aromatic N) is 5. The molecule has 0 saturated carbocycles. The fourth-order valence-electron chi connectivity index (χ4n) is 4.76. The van der Waals surface area contributed by atoms with E-state index in [-0.39, 0.29) is 12.6 Å². The Bertz CT molecular complexity index is 1190. The Kier molecular flexibility index (Phi) is 3.76. The third kappa shape index (κ3) is 2.20. The second-order valence-corrected chi connectivity index (χ2v) is 7.36. The summed E-state index contributed by atoms with van der Waals surface area (Å²) in [6.45, 7) is 0.178. The lowest BCUT2D eigenvalue weighted by Gasteiger charge is -2.34. The van der Waals surface area contributed by atoms with Crippen molar-refractivity contribution in [2.24, 2.45) is 0 Å². The molecule has 3 atom stereocenters. The Morgan fingerprint density at radius 1 is 1.27 bits per heavy atom. The SMILES string of the molecule is COC(=O)C(=O)N1CC2CC1[C@H]1C(=O)N(c3ccc(C#N)c4ncccc34)C(=O)N21. The van der Waals surface area contributed by atoms with E-state index in [1.165, 1.54) is 22.1 Å². The van der Waals surface area contributed by atoms with E-state index in [4.69, 9.17) is 0 Å². The van der Waals surface area contributed by atoms with Crippen LogP contribution in [-0.4, -0.2) is 70.4 Å². The van der Waals surface area contributed by atoms with Crippen LogP contribution in [0.5, 0.6) is 0 Å². The molecule has 3 saturated heterocycles. The van der Waals surface area contributed by atoms with Crippen LogP contribution in [0.4, 0.5) is 10.5 Å². The van der Waals surface area contributed by atoms with Crippen molar-refractivity contribution >= 4 is 40.4 Å². The van der Waals surface area contributed by atoms with Gasteiger partial charge in [0.15, 0.2) is 0 Å². The van der Waals surface area contributed by atoms with Gasteiger partial charge in [-0.1, -0.05) is 0 Å². The highest BCUT2D eigenvalue weighted by Crippen LogP contribution is 2.43. The van der Waals surface area contributed by atoms with E-state index in [1.807, 2.05) is 0 Å². The lowest BCUT2D eigenvalue weighted by Crippen LogP contribution is -2.56. The van der Waals surface area contributed by atoms with Crippen LogP contribution in [0.3, 0.4) is 0 Å². The number of likely N-dealkylation sites (tertiary alicyclic amines) is 1. The summed E-state index contributed by atoms with van der Waals surface area (Å²) in [7, 11) is 1.12. The van der Waals surface area contributed by atoms with Gasteiger partial charge in [-0.3, -0.25) is 14.6 Å². The lowest BCUT2D eigenvalue weighted by atomic mass is 10.1. The van der Waals surface area contributed by atoms with Gasteiger partial charge in [-0.15, -0.1) is 0 Å². The van der Waals surface area contributed by atoms with Crippen LogP contribution in [0.1, 0.15) is 12.0 Å². The van der Waals surface area contributed by atoms with Crippen molar-refractivity contribution in [3.05, 3.63) is 36.0 Å². The van der Waals surface area contributed by atoms with E-state index < -0.39 is 35.9 Å². The number of fused-ring (bicyclic) bond motifs is 6. The first-order valence-electron chi connectivity index (χ1n) is 9.31. The van der Waals surface area contributed by atoms with E-state index in [1.54, 1.807) is 18.2 Å². The summed E-state index contributed by atoms with van der Waals surface area (Å²) in [6, 6.07) is 6.25. The van der Waals surface area contributed by atoms with Crippen molar-refractivity contribution < 1.29 is 23.9 Å². The number of carbonyl (C=O) groups excluding carboxylic acids is 4. The molecule has 2 unspecified atom stereocenters. The monoisotopic (exact) mass is 405 g/mol. The molecule has 30 heavy (non-hydrogen) atoms. The molecule has 1 aromatic carbocycles. The van der Waals surface area contributed by atoms with Gasteiger partial charge in [-0.05, 0) is 30.7 Å². The maximum atomic E-state index is 13.3. The molecular weight excluding hydrogens is 390 g/mol. The number of ether oxygens (including phenoxy) is 1. The van der Waals surface area contributed by atoms with Gasteiger partial charge in [0.05, 0.1) is 36.0 Å². The molecule has 0 spiro atoms. The summed E-state index contributed by atoms with van der Waals surface area (Å²) < 4.78 is 4.51. The second kappa shape index (κ2) is 6.25. The van der Waals surface area contributed by atoms with Gasteiger partial charge in [0.1, 0.15) is 12.1 Å². The number of piperazine rings is 1. The van der Waals surface area contributed by atoms with Crippen LogP contribution < -0.4 is 4.90 Å². The number of benzene rings is 1. The molecule has 1 aromatic heterocycles. The molecule has 3 fully saturated rings. The van der Waals surface area contributed by atoms with Crippen LogP contribution >= 0.6 is 0 Å². The molecule has 3 aliphatic rings. The zero-order valence-electron chi connectivity index (χ0n) is 15.8. The topological polar surface area (TPSA) is 124 Å². The number of amides is 4. The fraction of sp³-hybridized carbons (Fsp3) is 0.300. The molecule has 3 aliphatic heterocycles. The molecule has 150 valence electrons. The number of hydrogen-bond donors (Lipinski definition) is 0. The quantitative estimate of drug-likeness (QED) is 0.382. The zero-order valence-corrected chi connectivity index (χ0v) is 15.8. The molecule has 2 bridgehead atoms. The molecule has 4 amide bonds. The molecule has 0 aliphatic carbocycles. The number of methoxy groups -OCH3 is 1. The Morgan fingerprint density at radius 3 is 2.80 bits per heavy atom. The van der Waals surface area contributed by atoms with Gasteiger partial charge in [0.25, 0.3) is 5.91 Å². The van der Waals surface area contributed by atoms with Gasteiger partial charge < -0.3 is 14.5 Å². The first-order valence-corrected chi connectivity index (χ1v) is 9.31. The number of urea groups is 1. The van der Waals surface area contributed by atoms with Gasteiger partial charge >= 0.3 is 17.9 Å². The van der Waals surface area contributed by atoms with E-state index >= 15 is 0 Å². The van der Waals surface area contributed by atoms with Crippen molar-refractivity contribution in [3.8, 4) is 6.07 Å². The minimum atomic E-state index is -0.994. The number of nitriles is 1.